The number of carbonyl (C=O) groups excluding carboxylic acids is 1. The van der Waals surface area contributed by atoms with Crippen LogP contribution in [0.5, 0.6) is 0 Å². The lowest BCUT2D eigenvalue weighted by Crippen LogP contribution is -2.44. The van der Waals surface area contributed by atoms with Crippen LogP contribution in [0.2, 0.25) is 0 Å². The van der Waals surface area contributed by atoms with E-state index in [1.165, 1.54) is 0 Å². The summed E-state index contributed by atoms with van der Waals surface area (Å²) >= 11 is 0. The van der Waals surface area contributed by atoms with Crippen molar-refractivity contribution in [1.29, 1.82) is 0 Å². The van der Waals surface area contributed by atoms with Crippen molar-refractivity contribution >= 4 is 5.97 Å². The maximum atomic E-state index is 11.5. The first-order valence-corrected chi connectivity index (χ1v) is 6.01. The van der Waals surface area contributed by atoms with Crippen LogP contribution in [0.15, 0.2) is 0 Å². The summed E-state index contributed by atoms with van der Waals surface area (Å²) in [7, 11) is 0. The van der Waals surface area contributed by atoms with E-state index < -0.39 is 17.6 Å². The lowest BCUT2D eigenvalue weighted by atomic mass is 9.97. The largest absolute Gasteiger partial charge is 0.464 e. The van der Waals surface area contributed by atoms with E-state index in [-0.39, 0.29) is 18.6 Å². The van der Waals surface area contributed by atoms with E-state index in [0.29, 0.717) is 12.8 Å². The number of nitrogens with two attached hydrogens (primary N) is 2. The summed E-state index contributed by atoms with van der Waals surface area (Å²) in [5, 5.41) is 9.17. The number of aliphatic hydroxyl groups is 1. The molecule has 0 rings (SSSR count). The molecule has 0 aliphatic rings. The van der Waals surface area contributed by atoms with Crippen LogP contribution in [0.1, 0.15) is 40.5 Å². The standard InChI is InChI=1S/C12H26N2O3/c1-8(5-9(2)15)7-17-11(16)10(13)6-12(3,4)14/h8-10,15H,5-7,13-14H2,1-4H3. The Kier molecular flexibility index (Phi) is 6.67. The number of carbonyl (C=O) groups is 1. The van der Waals surface area contributed by atoms with Gasteiger partial charge in [-0.05, 0) is 39.5 Å². The molecule has 17 heavy (non-hydrogen) atoms. The molecule has 0 spiro atoms. The molecule has 0 saturated heterocycles. The van der Waals surface area contributed by atoms with Crippen molar-refractivity contribution in [3.05, 3.63) is 0 Å². The molecule has 102 valence electrons. The first kappa shape index (κ1) is 16.4. The first-order chi connectivity index (χ1) is 7.61. The molecule has 0 amide bonds. The van der Waals surface area contributed by atoms with Crippen LogP contribution in [0.4, 0.5) is 0 Å². The fourth-order valence-electron chi connectivity index (χ4n) is 1.63. The minimum Gasteiger partial charge on any atom is -0.464 e. The second-order valence-corrected chi connectivity index (χ2v) is 5.62. The minimum absolute atomic E-state index is 0.122. The summed E-state index contributed by atoms with van der Waals surface area (Å²) in [6.45, 7) is 7.54. The average Bonchev–Trinajstić information content (AvgIpc) is 2.10. The van der Waals surface area contributed by atoms with Crippen LogP contribution < -0.4 is 11.5 Å². The van der Waals surface area contributed by atoms with Gasteiger partial charge in [0.05, 0.1) is 12.7 Å². The van der Waals surface area contributed by atoms with Gasteiger partial charge in [0.15, 0.2) is 0 Å². The van der Waals surface area contributed by atoms with Gasteiger partial charge in [-0.3, -0.25) is 4.79 Å². The van der Waals surface area contributed by atoms with E-state index in [0.717, 1.165) is 0 Å². The Hall–Kier alpha value is -0.650. The topological polar surface area (TPSA) is 98.6 Å². The number of rotatable bonds is 7. The van der Waals surface area contributed by atoms with Crippen LogP contribution in [-0.4, -0.2) is 35.4 Å². The molecule has 0 saturated carbocycles. The molecular formula is C12H26N2O3. The molecule has 3 unspecified atom stereocenters. The number of hydrogen-bond donors (Lipinski definition) is 3. The molecule has 0 heterocycles. The summed E-state index contributed by atoms with van der Waals surface area (Å²) in [5.41, 5.74) is 11.0. The Morgan fingerprint density at radius 2 is 1.94 bits per heavy atom. The molecule has 5 nitrogen and oxygen atoms in total. The zero-order valence-electron chi connectivity index (χ0n) is 11.3. The molecule has 3 atom stereocenters. The predicted molar refractivity (Wildman–Crippen MR) is 67.3 cm³/mol. The normalized spacial score (nSPS) is 17.4. The van der Waals surface area contributed by atoms with Crippen LogP contribution in [0.3, 0.4) is 0 Å². The third kappa shape index (κ3) is 9.09. The molecule has 0 aromatic heterocycles. The Labute approximate surface area is 104 Å². The van der Waals surface area contributed by atoms with E-state index in [4.69, 9.17) is 21.3 Å². The zero-order chi connectivity index (χ0) is 13.6. The highest BCUT2D eigenvalue weighted by Gasteiger charge is 2.23. The molecule has 0 aromatic rings. The highest BCUT2D eigenvalue weighted by atomic mass is 16.5. The van der Waals surface area contributed by atoms with E-state index in [1.807, 2.05) is 20.8 Å². The molecular weight excluding hydrogens is 220 g/mol. The van der Waals surface area contributed by atoms with Gasteiger partial charge in [-0.2, -0.15) is 0 Å². The van der Waals surface area contributed by atoms with Crippen molar-refractivity contribution < 1.29 is 14.6 Å². The van der Waals surface area contributed by atoms with Crippen LogP contribution in [-0.2, 0) is 9.53 Å². The van der Waals surface area contributed by atoms with Gasteiger partial charge in [0, 0.05) is 5.54 Å². The fraction of sp³-hybridized carbons (Fsp3) is 0.917. The maximum Gasteiger partial charge on any atom is 0.322 e. The minimum atomic E-state index is -0.686. The number of hydrogen-bond acceptors (Lipinski definition) is 5. The number of aliphatic hydroxyl groups excluding tert-OH is 1. The predicted octanol–water partition coefficient (Wildman–Crippen LogP) is 0.391. The Balaban J connectivity index is 3.93. The molecule has 5 heteroatoms. The molecule has 0 aliphatic heterocycles. The second kappa shape index (κ2) is 6.93. The molecule has 0 fully saturated rings. The van der Waals surface area contributed by atoms with Crippen LogP contribution in [0.25, 0.3) is 0 Å². The molecule has 0 bridgehead atoms. The second-order valence-electron chi connectivity index (χ2n) is 5.62. The van der Waals surface area contributed by atoms with Gasteiger partial charge < -0.3 is 21.3 Å². The van der Waals surface area contributed by atoms with Crippen molar-refractivity contribution in [3.8, 4) is 0 Å². The monoisotopic (exact) mass is 246 g/mol. The first-order valence-electron chi connectivity index (χ1n) is 6.01. The summed E-state index contributed by atoms with van der Waals surface area (Å²) in [4.78, 5) is 11.5. The van der Waals surface area contributed by atoms with E-state index in [1.54, 1.807) is 6.92 Å². The van der Waals surface area contributed by atoms with Crippen molar-refractivity contribution in [2.24, 2.45) is 17.4 Å². The zero-order valence-corrected chi connectivity index (χ0v) is 11.3. The van der Waals surface area contributed by atoms with Crippen molar-refractivity contribution in [2.75, 3.05) is 6.61 Å². The lowest BCUT2D eigenvalue weighted by molar-refractivity contribution is -0.147. The molecule has 0 aliphatic carbocycles. The Morgan fingerprint density at radius 1 is 1.41 bits per heavy atom. The number of ether oxygens (including phenoxy) is 1. The molecule has 0 radical (unpaired) electrons. The summed E-state index contributed by atoms with van der Waals surface area (Å²) < 4.78 is 5.08. The van der Waals surface area contributed by atoms with Crippen molar-refractivity contribution in [3.63, 3.8) is 0 Å². The smallest absolute Gasteiger partial charge is 0.322 e. The van der Waals surface area contributed by atoms with Gasteiger partial charge in [0.25, 0.3) is 0 Å². The van der Waals surface area contributed by atoms with Gasteiger partial charge in [0.1, 0.15) is 6.04 Å². The fourth-order valence-corrected chi connectivity index (χ4v) is 1.63. The lowest BCUT2D eigenvalue weighted by Gasteiger charge is -2.22. The van der Waals surface area contributed by atoms with E-state index >= 15 is 0 Å². The molecule has 0 aromatic carbocycles. The highest BCUT2D eigenvalue weighted by molar-refractivity contribution is 5.75. The van der Waals surface area contributed by atoms with Crippen LogP contribution >= 0.6 is 0 Å². The third-order valence-corrected chi connectivity index (χ3v) is 2.30. The molecule has 5 N–H and O–H groups in total. The van der Waals surface area contributed by atoms with Gasteiger partial charge in [-0.15, -0.1) is 0 Å². The van der Waals surface area contributed by atoms with E-state index in [2.05, 4.69) is 0 Å². The highest BCUT2D eigenvalue weighted by Crippen LogP contribution is 2.10. The Morgan fingerprint density at radius 3 is 2.35 bits per heavy atom. The van der Waals surface area contributed by atoms with Gasteiger partial charge in [0.2, 0.25) is 0 Å². The summed E-state index contributed by atoms with van der Waals surface area (Å²) in [6, 6.07) is -0.686. The van der Waals surface area contributed by atoms with Gasteiger partial charge in [-0.1, -0.05) is 6.92 Å². The average molecular weight is 246 g/mol. The van der Waals surface area contributed by atoms with E-state index in [9.17, 15) is 4.79 Å². The van der Waals surface area contributed by atoms with Crippen molar-refractivity contribution in [2.45, 2.75) is 58.2 Å². The quantitative estimate of drug-likeness (QED) is 0.564. The van der Waals surface area contributed by atoms with Crippen LogP contribution in [0, 0.1) is 5.92 Å². The number of esters is 1. The summed E-state index contributed by atoms with van der Waals surface area (Å²) in [6.07, 6.45) is 0.599. The maximum absolute atomic E-state index is 11.5. The third-order valence-electron chi connectivity index (χ3n) is 2.30. The summed E-state index contributed by atoms with van der Waals surface area (Å²) in [5.74, 6) is -0.307. The van der Waals surface area contributed by atoms with Gasteiger partial charge in [-0.25, -0.2) is 0 Å². The SMILES string of the molecule is CC(O)CC(C)COC(=O)C(N)CC(C)(C)N. The van der Waals surface area contributed by atoms with Gasteiger partial charge >= 0.3 is 5.97 Å². The Bertz CT molecular complexity index is 236. The van der Waals surface area contributed by atoms with Crippen molar-refractivity contribution in [1.82, 2.24) is 0 Å².